The van der Waals surface area contributed by atoms with Crippen LogP contribution in [-0.2, 0) is 6.42 Å². The Bertz CT molecular complexity index is 375. The maximum Gasteiger partial charge on any atom is 0.225 e. The molecule has 1 saturated heterocycles. The van der Waals surface area contributed by atoms with Crippen LogP contribution in [0.1, 0.15) is 19.4 Å². The van der Waals surface area contributed by atoms with Gasteiger partial charge in [-0.3, -0.25) is 0 Å². The number of aromatic nitrogens is 2. The molecule has 0 radical (unpaired) electrons. The summed E-state index contributed by atoms with van der Waals surface area (Å²) in [5.41, 5.74) is 6.87. The number of nitrogens with zero attached hydrogens (tertiary/aromatic N) is 4. The van der Waals surface area contributed by atoms with Gasteiger partial charge in [0.2, 0.25) is 5.95 Å². The first kappa shape index (κ1) is 13.2. The average molecular weight is 249 g/mol. The number of rotatable bonds is 3. The molecule has 2 atom stereocenters. The standard InChI is InChI=1S/C13H23N5/c1-10(14)6-12-7-15-13(16-8-12)18-5-4-17(3)11(2)9-18/h7-8,10-11H,4-6,9,14H2,1-3H3. The van der Waals surface area contributed by atoms with E-state index >= 15 is 0 Å². The first-order valence-electron chi connectivity index (χ1n) is 6.58. The van der Waals surface area contributed by atoms with Crippen molar-refractivity contribution in [2.45, 2.75) is 32.4 Å². The van der Waals surface area contributed by atoms with Gasteiger partial charge in [-0.2, -0.15) is 0 Å². The molecule has 1 fully saturated rings. The van der Waals surface area contributed by atoms with Gasteiger partial charge in [0.25, 0.3) is 0 Å². The summed E-state index contributed by atoms with van der Waals surface area (Å²) in [6.45, 7) is 7.27. The quantitative estimate of drug-likeness (QED) is 0.845. The Labute approximate surface area is 109 Å². The molecule has 1 aliphatic heterocycles. The Morgan fingerprint density at radius 1 is 1.39 bits per heavy atom. The van der Waals surface area contributed by atoms with Gasteiger partial charge in [-0.25, -0.2) is 9.97 Å². The highest BCUT2D eigenvalue weighted by molar-refractivity contribution is 5.31. The largest absolute Gasteiger partial charge is 0.338 e. The number of likely N-dealkylation sites (N-methyl/N-ethyl adjacent to an activating group) is 1. The van der Waals surface area contributed by atoms with Crippen LogP contribution in [0.3, 0.4) is 0 Å². The fourth-order valence-corrected chi connectivity index (χ4v) is 2.22. The van der Waals surface area contributed by atoms with Crippen molar-refractivity contribution in [3.05, 3.63) is 18.0 Å². The maximum atomic E-state index is 5.77. The minimum atomic E-state index is 0.156. The third kappa shape index (κ3) is 3.17. The molecule has 5 heteroatoms. The molecule has 100 valence electrons. The Morgan fingerprint density at radius 2 is 2.06 bits per heavy atom. The van der Waals surface area contributed by atoms with Crippen LogP contribution in [0.2, 0.25) is 0 Å². The summed E-state index contributed by atoms with van der Waals surface area (Å²) < 4.78 is 0. The number of hydrogen-bond donors (Lipinski definition) is 1. The van der Waals surface area contributed by atoms with E-state index in [4.69, 9.17) is 5.73 Å². The summed E-state index contributed by atoms with van der Waals surface area (Å²) in [5.74, 6) is 0.836. The molecule has 1 aliphatic rings. The molecule has 18 heavy (non-hydrogen) atoms. The number of piperazine rings is 1. The van der Waals surface area contributed by atoms with E-state index in [1.807, 2.05) is 19.3 Å². The highest BCUT2D eigenvalue weighted by atomic mass is 15.3. The van der Waals surface area contributed by atoms with Crippen LogP contribution in [0.4, 0.5) is 5.95 Å². The zero-order valence-corrected chi connectivity index (χ0v) is 11.5. The van der Waals surface area contributed by atoms with E-state index < -0.39 is 0 Å². The van der Waals surface area contributed by atoms with Gasteiger partial charge in [-0.1, -0.05) is 0 Å². The molecule has 0 spiro atoms. The van der Waals surface area contributed by atoms with Crippen molar-refractivity contribution < 1.29 is 0 Å². The van der Waals surface area contributed by atoms with Crippen molar-refractivity contribution >= 4 is 5.95 Å². The molecule has 0 amide bonds. The Hall–Kier alpha value is -1.20. The molecule has 1 aromatic rings. The highest BCUT2D eigenvalue weighted by Crippen LogP contribution is 2.14. The van der Waals surface area contributed by atoms with Crippen LogP contribution < -0.4 is 10.6 Å². The summed E-state index contributed by atoms with van der Waals surface area (Å²) in [7, 11) is 2.16. The van der Waals surface area contributed by atoms with E-state index in [1.54, 1.807) is 0 Å². The Morgan fingerprint density at radius 3 is 2.61 bits per heavy atom. The number of anilines is 1. The minimum absolute atomic E-state index is 0.156. The summed E-state index contributed by atoms with van der Waals surface area (Å²) in [6, 6.07) is 0.703. The Kier molecular flexibility index (Phi) is 4.14. The van der Waals surface area contributed by atoms with E-state index in [1.165, 1.54) is 0 Å². The van der Waals surface area contributed by atoms with Crippen LogP contribution in [0.15, 0.2) is 12.4 Å². The molecule has 2 unspecified atom stereocenters. The topological polar surface area (TPSA) is 58.3 Å². The molecule has 0 saturated carbocycles. The van der Waals surface area contributed by atoms with Gasteiger partial charge in [0.1, 0.15) is 0 Å². The smallest absolute Gasteiger partial charge is 0.225 e. The van der Waals surface area contributed by atoms with E-state index in [2.05, 4.69) is 33.7 Å². The van der Waals surface area contributed by atoms with E-state index in [-0.39, 0.29) is 6.04 Å². The van der Waals surface area contributed by atoms with Crippen LogP contribution in [0.25, 0.3) is 0 Å². The van der Waals surface area contributed by atoms with E-state index in [0.717, 1.165) is 37.6 Å². The molecular formula is C13H23N5. The molecule has 0 bridgehead atoms. The molecule has 5 nitrogen and oxygen atoms in total. The lowest BCUT2D eigenvalue weighted by Crippen LogP contribution is -2.50. The van der Waals surface area contributed by atoms with Crippen LogP contribution in [-0.4, -0.2) is 53.6 Å². The molecular weight excluding hydrogens is 226 g/mol. The van der Waals surface area contributed by atoms with Crippen molar-refractivity contribution in [1.29, 1.82) is 0 Å². The van der Waals surface area contributed by atoms with Crippen molar-refractivity contribution in [3.8, 4) is 0 Å². The molecule has 2 N–H and O–H groups in total. The second kappa shape index (κ2) is 5.63. The van der Waals surface area contributed by atoms with Crippen LogP contribution in [0.5, 0.6) is 0 Å². The monoisotopic (exact) mass is 249 g/mol. The molecule has 0 aromatic carbocycles. The number of hydrogen-bond acceptors (Lipinski definition) is 5. The minimum Gasteiger partial charge on any atom is -0.338 e. The average Bonchev–Trinajstić information content (AvgIpc) is 2.33. The van der Waals surface area contributed by atoms with Crippen molar-refractivity contribution in [2.24, 2.45) is 5.73 Å². The van der Waals surface area contributed by atoms with Gasteiger partial charge in [0.15, 0.2) is 0 Å². The van der Waals surface area contributed by atoms with Gasteiger partial charge in [0, 0.05) is 44.1 Å². The maximum absolute atomic E-state index is 5.77. The van der Waals surface area contributed by atoms with Gasteiger partial charge >= 0.3 is 0 Å². The summed E-state index contributed by atoms with van der Waals surface area (Å²) in [5, 5.41) is 0. The van der Waals surface area contributed by atoms with Gasteiger partial charge < -0.3 is 15.5 Å². The van der Waals surface area contributed by atoms with Crippen LogP contribution in [0, 0.1) is 0 Å². The first-order valence-corrected chi connectivity index (χ1v) is 6.58. The third-order valence-electron chi connectivity index (χ3n) is 3.49. The van der Waals surface area contributed by atoms with Crippen molar-refractivity contribution in [2.75, 3.05) is 31.6 Å². The van der Waals surface area contributed by atoms with Gasteiger partial charge in [-0.15, -0.1) is 0 Å². The molecule has 1 aromatic heterocycles. The normalized spacial score (nSPS) is 23.1. The van der Waals surface area contributed by atoms with E-state index in [9.17, 15) is 0 Å². The van der Waals surface area contributed by atoms with E-state index in [0.29, 0.717) is 6.04 Å². The fraction of sp³-hybridized carbons (Fsp3) is 0.692. The lowest BCUT2D eigenvalue weighted by molar-refractivity contribution is 0.233. The SMILES string of the molecule is CC(N)Cc1cnc(N2CCN(C)C(C)C2)nc1. The molecule has 0 aliphatic carbocycles. The first-order chi connectivity index (χ1) is 8.56. The zero-order valence-electron chi connectivity index (χ0n) is 11.5. The van der Waals surface area contributed by atoms with Gasteiger partial charge in [0.05, 0.1) is 0 Å². The molecule has 2 heterocycles. The highest BCUT2D eigenvalue weighted by Gasteiger charge is 2.22. The second-order valence-corrected chi connectivity index (χ2v) is 5.35. The lowest BCUT2D eigenvalue weighted by Gasteiger charge is -2.37. The predicted octanol–water partition coefficient (Wildman–Crippen LogP) is 0.507. The second-order valence-electron chi connectivity index (χ2n) is 5.35. The predicted molar refractivity (Wildman–Crippen MR) is 73.7 cm³/mol. The summed E-state index contributed by atoms with van der Waals surface area (Å²) in [4.78, 5) is 13.5. The lowest BCUT2D eigenvalue weighted by atomic mass is 10.1. The van der Waals surface area contributed by atoms with Gasteiger partial charge in [-0.05, 0) is 32.9 Å². The third-order valence-corrected chi connectivity index (χ3v) is 3.49. The Balaban J connectivity index is 2.01. The van der Waals surface area contributed by atoms with Crippen LogP contribution >= 0.6 is 0 Å². The fourth-order valence-electron chi connectivity index (χ4n) is 2.22. The summed E-state index contributed by atoms with van der Waals surface area (Å²) in [6.07, 6.45) is 4.63. The zero-order chi connectivity index (χ0) is 13.1. The van der Waals surface area contributed by atoms with Crippen molar-refractivity contribution in [1.82, 2.24) is 14.9 Å². The summed E-state index contributed by atoms with van der Waals surface area (Å²) >= 11 is 0. The van der Waals surface area contributed by atoms with Crippen molar-refractivity contribution in [3.63, 3.8) is 0 Å². The number of nitrogens with two attached hydrogens (primary N) is 1. The molecule has 2 rings (SSSR count).